The van der Waals surface area contributed by atoms with E-state index in [4.69, 9.17) is 0 Å². The Hall–Kier alpha value is -0.863. The van der Waals surface area contributed by atoms with E-state index in [-0.39, 0.29) is 0 Å². The normalized spacial score (nSPS) is 12.8. The van der Waals surface area contributed by atoms with Crippen LogP contribution < -0.4 is 0 Å². The van der Waals surface area contributed by atoms with Gasteiger partial charge in [-0.3, -0.25) is 0 Å². The summed E-state index contributed by atoms with van der Waals surface area (Å²) in [7, 11) is -1.48. The summed E-state index contributed by atoms with van der Waals surface area (Å²) in [5.41, 5.74) is 1.39. The highest BCUT2D eigenvalue weighted by Gasteiger charge is 2.40. The first-order valence-electron chi connectivity index (χ1n) is 6.69. The summed E-state index contributed by atoms with van der Waals surface area (Å²) in [5.74, 6) is 0. The molecule has 0 amide bonds. The first-order valence-corrected chi connectivity index (χ1v) is 9.63. The fourth-order valence-corrected chi connectivity index (χ4v) is 4.04. The van der Waals surface area contributed by atoms with Crippen molar-refractivity contribution in [1.29, 1.82) is 0 Å². The highest BCUT2D eigenvalue weighted by Crippen LogP contribution is 2.38. The molecule has 0 aliphatic heterocycles. The Bertz CT molecular complexity index is 376. The molecular formula is C16H27NSi. The van der Waals surface area contributed by atoms with Gasteiger partial charge in [-0.25, -0.2) is 0 Å². The summed E-state index contributed by atoms with van der Waals surface area (Å²) in [6.45, 7) is 17.9. The minimum absolute atomic E-state index is 0.366. The Morgan fingerprint density at radius 2 is 1.72 bits per heavy atom. The molecule has 0 aliphatic rings. The molecule has 0 unspecified atom stereocenters. The third-order valence-corrected chi connectivity index (χ3v) is 9.78. The topological polar surface area (TPSA) is 3.24 Å². The lowest BCUT2D eigenvalue weighted by Crippen LogP contribution is -2.54. The largest absolute Gasteiger partial charge is 0.316 e. The van der Waals surface area contributed by atoms with Gasteiger partial charge >= 0.3 is 0 Å². The summed E-state index contributed by atoms with van der Waals surface area (Å²) in [4.78, 5) is 0. The van der Waals surface area contributed by atoms with Crippen LogP contribution in [0.3, 0.4) is 0 Å². The van der Waals surface area contributed by atoms with Gasteiger partial charge in [-0.2, -0.15) is 0 Å². The van der Waals surface area contributed by atoms with Gasteiger partial charge in [0.1, 0.15) is 8.24 Å². The second-order valence-corrected chi connectivity index (χ2v) is 11.7. The van der Waals surface area contributed by atoms with E-state index in [1.165, 1.54) is 5.56 Å². The Labute approximate surface area is 114 Å². The molecule has 0 saturated carbocycles. The number of benzene rings is 1. The van der Waals surface area contributed by atoms with Gasteiger partial charge in [-0.1, -0.05) is 70.3 Å². The van der Waals surface area contributed by atoms with Gasteiger partial charge in [0, 0.05) is 13.1 Å². The van der Waals surface area contributed by atoms with Crippen LogP contribution in [-0.4, -0.2) is 19.3 Å². The molecule has 0 radical (unpaired) electrons. The van der Waals surface area contributed by atoms with Gasteiger partial charge in [0.15, 0.2) is 0 Å². The molecule has 0 fully saturated rings. The highest BCUT2D eigenvalue weighted by molar-refractivity contribution is 6.77. The summed E-state index contributed by atoms with van der Waals surface area (Å²) in [6.07, 6.45) is 2.03. The molecule has 0 atom stereocenters. The maximum Gasteiger partial charge on any atom is 0.128 e. The second-order valence-electron chi connectivity index (χ2n) is 6.46. The number of hydrogen-bond acceptors (Lipinski definition) is 1. The molecule has 0 spiro atoms. The van der Waals surface area contributed by atoms with Crippen LogP contribution in [-0.2, 0) is 6.54 Å². The average Bonchev–Trinajstić information content (AvgIpc) is 2.28. The lowest BCUT2D eigenvalue weighted by Gasteiger charge is -2.45. The summed E-state index contributed by atoms with van der Waals surface area (Å²) in [5, 5.41) is 0.366. The lowest BCUT2D eigenvalue weighted by atomic mass is 10.2. The third-order valence-electron chi connectivity index (χ3n) is 4.19. The van der Waals surface area contributed by atoms with E-state index in [2.05, 4.69) is 75.3 Å². The molecular weight excluding hydrogens is 234 g/mol. The zero-order chi connectivity index (χ0) is 13.8. The quantitative estimate of drug-likeness (QED) is 0.549. The fraction of sp³-hybridized carbons (Fsp3) is 0.500. The van der Waals surface area contributed by atoms with Crippen LogP contribution in [0.2, 0.25) is 18.1 Å². The van der Waals surface area contributed by atoms with Crippen molar-refractivity contribution in [3.05, 3.63) is 48.6 Å². The van der Waals surface area contributed by atoms with Crippen molar-refractivity contribution in [2.75, 3.05) is 6.54 Å². The fourth-order valence-electron chi connectivity index (χ4n) is 1.92. The first kappa shape index (κ1) is 15.2. The van der Waals surface area contributed by atoms with Crippen molar-refractivity contribution in [1.82, 2.24) is 4.57 Å². The Morgan fingerprint density at radius 3 is 2.17 bits per heavy atom. The summed E-state index contributed by atoms with van der Waals surface area (Å²) in [6, 6.07) is 10.7. The molecule has 0 N–H and O–H groups in total. The van der Waals surface area contributed by atoms with Crippen LogP contribution in [0.5, 0.6) is 0 Å². The van der Waals surface area contributed by atoms with Crippen LogP contribution in [0.1, 0.15) is 26.3 Å². The van der Waals surface area contributed by atoms with E-state index >= 15 is 0 Å². The SMILES string of the molecule is C=CCN(Cc1ccccc1)[Si](C)(C)C(C)(C)C. The molecule has 0 aromatic heterocycles. The van der Waals surface area contributed by atoms with Crippen molar-refractivity contribution in [2.45, 2.75) is 45.4 Å². The minimum Gasteiger partial charge on any atom is -0.316 e. The molecule has 0 bridgehead atoms. The third kappa shape index (κ3) is 3.56. The van der Waals surface area contributed by atoms with Gasteiger partial charge in [0.25, 0.3) is 0 Å². The number of rotatable bonds is 5. The average molecular weight is 261 g/mol. The number of nitrogens with zero attached hydrogens (tertiary/aromatic N) is 1. The standard InChI is InChI=1S/C16H27NSi/c1-7-13-17(18(5,6)16(2,3)4)14-15-11-9-8-10-12-15/h7-12H,1,13-14H2,2-6H3. The van der Waals surface area contributed by atoms with Crippen molar-refractivity contribution < 1.29 is 0 Å². The lowest BCUT2D eigenvalue weighted by molar-refractivity contribution is 0.428. The van der Waals surface area contributed by atoms with Crippen LogP contribution in [0.4, 0.5) is 0 Å². The molecule has 1 nitrogen and oxygen atoms in total. The van der Waals surface area contributed by atoms with Gasteiger partial charge in [0.2, 0.25) is 0 Å². The maximum absolute atomic E-state index is 3.92. The highest BCUT2D eigenvalue weighted by atomic mass is 28.3. The van der Waals surface area contributed by atoms with Crippen LogP contribution >= 0.6 is 0 Å². The molecule has 0 saturated heterocycles. The molecule has 1 aromatic rings. The van der Waals surface area contributed by atoms with E-state index in [0.29, 0.717) is 5.04 Å². The van der Waals surface area contributed by atoms with Gasteiger partial charge in [0.05, 0.1) is 0 Å². The second kappa shape index (κ2) is 5.85. The van der Waals surface area contributed by atoms with E-state index in [1.807, 2.05) is 6.08 Å². The summed E-state index contributed by atoms with van der Waals surface area (Å²) < 4.78 is 2.63. The van der Waals surface area contributed by atoms with Crippen molar-refractivity contribution in [2.24, 2.45) is 0 Å². The predicted octanol–water partition coefficient (Wildman–Crippen LogP) is 4.68. The van der Waals surface area contributed by atoms with E-state index < -0.39 is 8.24 Å². The molecule has 0 aliphatic carbocycles. The molecule has 18 heavy (non-hydrogen) atoms. The molecule has 1 rings (SSSR count). The molecule has 2 heteroatoms. The number of hydrogen-bond donors (Lipinski definition) is 0. The Kier molecular flexibility index (Phi) is 4.94. The van der Waals surface area contributed by atoms with Gasteiger partial charge in [-0.05, 0) is 10.6 Å². The van der Waals surface area contributed by atoms with Crippen molar-refractivity contribution in [3.8, 4) is 0 Å². The Morgan fingerprint density at radius 1 is 1.17 bits per heavy atom. The van der Waals surface area contributed by atoms with Crippen molar-refractivity contribution in [3.63, 3.8) is 0 Å². The van der Waals surface area contributed by atoms with E-state index in [1.54, 1.807) is 0 Å². The first-order chi connectivity index (χ1) is 8.29. The smallest absolute Gasteiger partial charge is 0.128 e. The molecule has 0 heterocycles. The van der Waals surface area contributed by atoms with Crippen molar-refractivity contribution >= 4 is 8.24 Å². The zero-order valence-corrected chi connectivity index (χ0v) is 13.5. The maximum atomic E-state index is 3.92. The van der Waals surface area contributed by atoms with E-state index in [9.17, 15) is 0 Å². The monoisotopic (exact) mass is 261 g/mol. The molecule has 1 aromatic carbocycles. The van der Waals surface area contributed by atoms with E-state index in [0.717, 1.165) is 13.1 Å². The van der Waals surface area contributed by atoms with Gasteiger partial charge < -0.3 is 4.57 Å². The van der Waals surface area contributed by atoms with Gasteiger partial charge in [-0.15, -0.1) is 6.58 Å². The van der Waals surface area contributed by atoms with Crippen LogP contribution in [0, 0.1) is 0 Å². The summed E-state index contributed by atoms with van der Waals surface area (Å²) >= 11 is 0. The molecule has 100 valence electrons. The Balaban J connectivity index is 2.93. The van der Waals surface area contributed by atoms with Crippen LogP contribution in [0.15, 0.2) is 43.0 Å². The minimum atomic E-state index is -1.48. The van der Waals surface area contributed by atoms with Crippen LogP contribution in [0.25, 0.3) is 0 Å². The predicted molar refractivity (Wildman–Crippen MR) is 84.2 cm³/mol. The zero-order valence-electron chi connectivity index (χ0n) is 12.5.